The van der Waals surface area contributed by atoms with Gasteiger partial charge in [-0.25, -0.2) is 13.1 Å². The Labute approximate surface area is 131 Å². The summed E-state index contributed by atoms with van der Waals surface area (Å²) in [6, 6.07) is 6.95. The maximum atomic E-state index is 12.6. The van der Waals surface area contributed by atoms with Gasteiger partial charge in [0.25, 0.3) is 0 Å². The van der Waals surface area contributed by atoms with E-state index >= 15 is 0 Å². The van der Waals surface area contributed by atoms with Gasteiger partial charge in [-0.05, 0) is 38.5 Å². The summed E-state index contributed by atoms with van der Waals surface area (Å²) in [6.45, 7) is 5.23. The fraction of sp³-hybridized carbons (Fsp3) is 0.400. The van der Waals surface area contributed by atoms with Gasteiger partial charge in [0.1, 0.15) is 10.6 Å². The molecule has 1 aromatic heterocycles. The normalized spacial score (nSPS) is 13.1. The van der Waals surface area contributed by atoms with Gasteiger partial charge in [0, 0.05) is 13.1 Å². The van der Waals surface area contributed by atoms with Crippen molar-refractivity contribution in [3.63, 3.8) is 0 Å². The lowest BCUT2D eigenvalue weighted by Crippen LogP contribution is -2.27. The van der Waals surface area contributed by atoms with Gasteiger partial charge in [-0.15, -0.1) is 0 Å². The highest BCUT2D eigenvalue weighted by Gasteiger charge is 2.25. The molecule has 1 heterocycles. The number of methoxy groups -OCH3 is 1. The molecule has 0 saturated heterocycles. The van der Waals surface area contributed by atoms with Crippen molar-refractivity contribution < 1.29 is 13.2 Å². The second-order valence-electron chi connectivity index (χ2n) is 5.24. The highest BCUT2D eigenvalue weighted by atomic mass is 32.2. The van der Waals surface area contributed by atoms with Crippen LogP contribution >= 0.6 is 0 Å². The van der Waals surface area contributed by atoms with Gasteiger partial charge in [-0.2, -0.15) is 5.10 Å². The fourth-order valence-corrected chi connectivity index (χ4v) is 4.08. The second-order valence-corrected chi connectivity index (χ2v) is 6.89. The number of hydrogen-bond acceptors (Lipinski definition) is 4. The summed E-state index contributed by atoms with van der Waals surface area (Å²) >= 11 is 0. The Hall–Kier alpha value is -1.86. The molecule has 0 aliphatic heterocycles. The van der Waals surface area contributed by atoms with Gasteiger partial charge in [0.15, 0.2) is 0 Å². The first-order valence-corrected chi connectivity index (χ1v) is 8.41. The van der Waals surface area contributed by atoms with Gasteiger partial charge >= 0.3 is 0 Å². The molecular weight excluding hydrogens is 302 g/mol. The second kappa shape index (κ2) is 6.10. The Bertz CT molecular complexity index is 781. The van der Waals surface area contributed by atoms with Crippen molar-refractivity contribution >= 4 is 10.0 Å². The van der Waals surface area contributed by atoms with Gasteiger partial charge < -0.3 is 4.74 Å². The van der Waals surface area contributed by atoms with Crippen LogP contribution in [-0.2, 0) is 17.1 Å². The predicted molar refractivity (Wildman–Crippen MR) is 84.4 cm³/mol. The molecule has 0 fully saturated rings. The zero-order chi connectivity index (χ0) is 16.5. The maximum absolute atomic E-state index is 12.6. The Balaban J connectivity index is 2.31. The fourth-order valence-electron chi connectivity index (χ4n) is 2.41. The summed E-state index contributed by atoms with van der Waals surface area (Å²) in [6.07, 6.45) is 0. The summed E-state index contributed by atoms with van der Waals surface area (Å²) < 4.78 is 34.7. The first-order chi connectivity index (χ1) is 10.3. The number of aryl methyl sites for hydroxylation is 2. The molecule has 0 radical (unpaired) electrons. The minimum atomic E-state index is -3.64. The van der Waals surface area contributed by atoms with Crippen LogP contribution in [0.3, 0.4) is 0 Å². The number of aromatic nitrogens is 2. The highest BCUT2D eigenvalue weighted by Crippen LogP contribution is 2.23. The van der Waals surface area contributed by atoms with Crippen LogP contribution in [0.1, 0.15) is 29.9 Å². The van der Waals surface area contributed by atoms with Gasteiger partial charge in [-0.1, -0.05) is 12.1 Å². The third kappa shape index (κ3) is 3.15. The van der Waals surface area contributed by atoms with E-state index in [1.54, 1.807) is 39.6 Å². The van der Waals surface area contributed by atoms with Crippen LogP contribution in [-0.4, -0.2) is 25.3 Å². The van der Waals surface area contributed by atoms with Crippen LogP contribution in [0, 0.1) is 13.8 Å². The number of hydrogen-bond donors (Lipinski definition) is 1. The molecule has 0 amide bonds. The zero-order valence-corrected chi connectivity index (χ0v) is 14.2. The molecule has 1 unspecified atom stereocenters. The van der Waals surface area contributed by atoms with Crippen LogP contribution in [0.4, 0.5) is 0 Å². The number of benzene rings is 1. The van der Waals surface area contributed by atoms with Crippen molar-refractivity contribution in [3.8, 4) is 5.75 Å². The molecule has 2 rings (SSSR count). The summed E-state index contributed by atoms with van der Waals surface area (Å²) in [5.74, 6) is 0.692. The van der Waals surface area contributed by atoms with Crippen molar-refractivity contribution in [2.24, 2.45) is 7.05 Å². The van der Waals surface area contributed by atoms with E-state index in [2.05, 4.69) is 9.82 Å². The molecule has 6 nitrogen and oxygen atoms in total. The zero-order valence-electron chi connectivity index (χ0n) is 13.4. The molecule has 1 aromatic carbocycles. The number of nitrogens with one attached hydrogen (secondary N) is 1. The SMILES string of the molecule is COc1cccc(C(C)NS(=O)(=O)c2c(C)nn(C)c2C)c1. The molecular formula is C15H21N3O3S. The molecule has 2 aromatic rings. The van der Waals surface area contributed by atoms with Crippen molar-refractivity contribution in [2.45, 2.75) is 31.7 Å². The molecule has 1 atom stereocenters. The largest absolute Gasteiger partial charge is 0.497 e. The monoisotopic (exact) mass is 323 g/mol. The standard InChI is InChI=1S/C15H21N3O3S/c1-10(13-7-6-8-14(9-13)21-5)17-22(19,20)15-11(2)16-18(4)12(15)3/h6-10,17H,1-5H3. The van der Waals surface area contributed by atoms with Crippen molar-refractivity contribution in [3.05, 3.63) is 41.2 Å². The molecule has 0 spiro atoms. The van der Waals surface area contributed by atoms with Crippen LogP contribution in [0.15, 0.2) is 29.2 Å². The number of rotatable bonds is 5. The summed E-state index contributed by atoms with van der Waals surface area (Å²) in [4.78, 5) is 0.241. The van der Waals surface area contributed by atoms with Crippen LogP contribution in [0.2, 0.25) is 0 Å². The summed E-state index contributed by atoms with van der Waals surface area (Å²) in [7, 11) is -0.333. The molecule has 1 N–H and O–H groups in total. The molecule has 0 saturated carbocycles. The van der Waals surface area contributed by atoms with E-state index in [1.165, 1.54) is 0 Å². The third-order valence-corrected chi connectivity index (χ3v) is 5.43. The van der Waals surface area contributed by atoms with E-state index in [1.807, 2.05) is 24.3 Å². The number of nitrogens with zero attached hydrogens (tertiary/aromatic N) is 2. The molecule has 120 valence electrons. The first kappa shape index (κ1) is 16.5. The Morgan fingerprint density at radius 1 is 1.32 bits per heavy atom. The average Bonchev–Trinajstić information content (AvgIpc) is 2.72. The molecule has 0 aliphatic carbocycles. The predicted octanol–water partition coefficient (Wildman–Crippen LogP) is 2.09. The van der Waals surface area contributed by atoms with E-state index in [-0.39, 0.29) is 10.9 Å². The van der Waals surface area contributed by atoms with Gasteiger partial charge in [0.2, 0.25) is 10.0 Å². The van der Waals surface area contributed by atoms with Gasteiger partial charge in [-0.3, -0.25) is 4.68 Å². The lowest BCUT2D eigenvalue weighted by molar-refractivity contribution is 0.413. The number of ether oxygens (including phenoxy) is 1. The van der Waals surface area contributed by atoms with Crippen molar-refractivity contribution in [2.75, 3.05) is 7.11 Å². The van der Waals surface area contributed by atoms with Crippen molar-refractivity contribution in [1.82, 2.24) is 14.5 Å². The smallest absolute Gasteiger partial charge is 0.244 e. The Morgan fingerprint density at radius 3 is 2.55 bits per heavy atom. The summed E-state index contributed by atoms with van der Waals surface area (Å²) in [5.41, 5.74) is 1.94. The van der Waals surface area contributed by atoms with E-state index < -0.39 is 10.0 Å². The Kier molecular flexibility index (Phi) is 4.58. The Morgan fingerprint density at radius 2 is 2.00 bits per heavy atom. The van der Waals surface area contributed by atoms with E-state index in [0.29, 0.717) is 17.1 Å². The average molecular weight is 323 g/mol. The maximum Gasteiger partial charge on any atom is 0.244 e. The number of sulfonamides is 1. The minimum absolute atomic E-state index is 0.241. The lowest BCUT2D eigenvalue weighted by Gasteiger charge is -2.15. The van der Waals surface area contributed by atoms with Crippen LogP contribution < -0.4 is 9.46 Å². The quantitative estimate of drug-likeness (QED) is 0.914. The third-order valence-electron chi connectivity index (χ3n) is 3.64. The molecule has 7 heteroatoms. The van der Waals surface area contributed by atoms with Gasteiger partial charge in [0.05, 0.1) is 18.5 Å². The topological polar surface area (TPSA) is 73.2 Å². The van der Waals surface area contributed by atoms with E-state index in [4.69, 9.17) is 4.74 Å². The minimum Gasteiger partial charge on any atom is -0.497 e. The van der Waals surface area contributed by atoms with Crippen LogP contribution in [0.25, 0.3) is 0 Å². The molecule has 0 bridgehead atoms. The van der Waals surface area contributed by atoms with E-state index in [9.17, 15) is 8.42 Å². The summed E-state index contributed by atoms with van der Waals surface area (Å²) in [5, 5.41) is 4.16. The van der Waals surface area contributed by atoms with Crippen LogP contribution in [0.5, 0.6) is 5.75 Å². The lowest BCUT2D eigenvalue weighted by atomic mass is 10.1. The highest BCUT2D eigenvalue weighted by molar-refractivity contribution is 7.89. The first-order valence-electron chi connectivity index (χ1n) is 6.92. The molecule has 22 heavy (non-hydrogen) atoms. The molecule has 0 aliphatic rings. The van der Waals surface area contributed by atoms with Crippen molar-refractivity contribution in [1.29, 1.82) is 0 Å². The van der Waals surface area contributed by atoms with E-state index in [0.717, 1.165) is 5.56 Å².